The molecule has 0 fully saturated rings. The minimum atomic E-state index is -0.575. The maximum atomic E-state index is 10.4. The minimum absolute atomic E-state index is 0.195. The van der Waals surface area contributed by atoms with Gasteiger partial charge in [-0.15, -0.1) is 0 Å². The predicted molar refractivity (Wildman–Crippen MR) is 82.1 cm³/mol. The maximum Gasteiger partial charge on any atom is 0.127 e. The fraction of sp³-hybridized carbons (Fsp3) is 0.294. The Hall–Kier alpha value is -1.71. The van der Waals surface area contributed by atoms with Crippen molar-refractivity contribution in [2.45, 2.75) is 25.6 Å². The largest absolute Gasteiger partial charge is 0.497 e. The average molecular weight is 305 g/mol. The van der Waals surface area contributed by atoms with E-state index in [9.17, 15) is 5.11 Å². The van der Waals surface area contributed by atoms with E-state index in [1.54, 1.807) is 7.11 Å². The van der Waals surface area contributed by atoms with Gasteiger partial charge in [0.15, 0.2) is 0 Å². The van der Waals surface area contributed by atoms with Crippen LogP contribution in [-0.4, -0.2) is 12.2 Å². The van der Waals surface area contributed by atoms with Crippen molar-refractivity contribution in [3.8, 4) is 11.5 Å². The van der Waals surface area contributed by atoms with Crippen LogP contribution in [0.1, 0.15) is 35.3 Å². The first kappa shape index (κ1) is 14.2. The topological polar surface area (TPSA) is 38.7 Å². The molecule has 4 heteroatoms. The van der Waals surface area contributed by atoms with Gasteiger partial charge < -0.3 is 14.6 Å². The molecule has 1 unspecified atom stereocenters. The third-order valence-corrected chi connectivity index (χ3v) is 4.26. The molecule has 0 radical (unpaired) electrons. The Labute approximate surface area is 129 Å². The first-order valence-corrected chi connectivity index (χ1v) is 7.25. The van der Waals surface area contributed by atoms with Crippen molar-refractivity contribution in [1.29, 1.82) is 0 Å². The van der Waals surface area contributed by atoms with E-state index in [0.29, 0.717) is 22.9 Å². The lowest BCUT2D eigenvalue weighted by Crippen LogP contribution is -2.19. The number of aliphatic hydroxyl groups excluding tert-OH is 1. The van der Waals surface area contributed by atoms with E-state index in [1.807, 2.05) is 43.3 Å². The summed E-state index contributed by atoms with van der Waals surface area (Å²) < 4.78 is 11.2. The summed E-state index contributed by atoms with van der Waals surface area (Å²) in [6.45, 7) is 1.96. The van der Waals surface area contributed by atoms with Gasteiger partial charge >= 0.3 is 0 Å². The molecule has 1 N–H and O–H groups in total. The van der Waals surface area contributed by atoms with Crippen LogP contribution in [0, 0.1) is 6.92 Å². The molecule has 0 amide bonds. The summed E-state index contributed by atoms with van der Waals surface area (Å²) in [7, 11) is 1.61. The highest BCUT2D eigenvalue weighted by atomic mass is 35.5. The molecule has 2 aromatic rings. The number of halogens is 1. The molecule has 1 aliphatic heterocycles. The number of methoxy groups -OCH3 is 1. The van der Waals surface area contributed by atoms with Crippen LogP contribution in [0.25, 0.3) is 0 Å². The number of fused-ring (bicyclic) bond motifs is 1. The molecule has 0 aliphatic carbocycles. The first-order valence-electron chi connectivity index (χ1n) is 6.87. The quantitative estimate of drug-likeness (QED) is 0.903. The second kappa shape index (κ2) is 5.58. The zero-order valence-electron chi connectivity index (χ0n) is 12.0. The van der Waals surface area contributed by atoms with Crippen LogP contribution in [0.5, 0.6) is 11.5 Å². The lowest BCUT2D eigenvalue weighted by atomic mass is 9.94. The molecular weight excluding hydrogens is 288 g/mol. The highest BCUT2D eigenvalue weighted by Crippen LogP contribution is 2.42. The molecule has 1 aliphatic rings. The number of hydrogen-bond donors (Lipinski definition) is 1. The summed E-state index contributed by atoms with van der Waals surface area (Å²) in [5.74, 6) is 1.41. The van der Waals surface area contributed by atoms with Crippen molar-refractivity contribution >= 4 is 11.6 Å². The Morgan fingerprint density at radius 1 is 1.24 bits per heavy atom. The van der Waals surface area contributed by atoms with Crippen molar-refractivity contribution < 1.29 is 14.6 Å². The molecule has 3 rings (SSSR count). The summed E-state index contributed by atoms with van der Waals surface area (Å²) in [6, 6.07) is 11.3. The van der Waals surface area contributed by atoms with Crippen LogP contribution in [0.3, 0.4) is 0 Å². The monoisotopic (exact) mass is 304 g/mol. The van der Waals surface area contributed by atoms with Crippen LogP contribution in [0.2, 0.25) is 5.02 Å². The molecule has 0 saturated carbocycles. The number of aliphatic hydroxyl groups is 1. The Bertz CT molecular complexity index is 669. The summed E-state index contributed by atoms with van der Waals surface area (Å²) in [6.07, 6.45) is -0.271. The number of hydrogen-bond acceptors (Lipinski definition) is 3. The number of rotatable bonds is 2. The average Bonchev–Trinajstić information content (AvgIpc) is 2.49. The van der Waals surface area contributed by atoms with Crippen LogP contribution in [0.4, 0.5) is 0 Å². The molecule has 1 heterocycles. The Kier molecular flexibility index (Phi) is 3.79. The predicted octanol–water partition coefficient (Wildman–Crippen LogP) is 4.21. The fourth-order valence-electron chi connectivity index (χ4n) is 2.57. The zero-order valence-corrected chi connectivity index (χ0v) is 12.7. The molecular formula is C17H17ClO3. The van der Waals surface area contributed by atoms with Gasteiger partial charge in [-0.25, -0.2) is 0 Å². The van der Waals surface area contributed by atoms with E-state index in [1.165, 1.54) is 0 Å². The normalized spacial score (nSPS) is 20.6. The summed E-state index contributed by atoms with van der Waals surface area (Å²) in [5, 5.41) is 11.1. The second-order valence-electron chi connectivity index (χ2n) is 5.27. The van der Waals surface area contributed by atoms with E-state index in [4.69, 9.17) is 21.1 Å². The molecule has 110 valence electrons. The first-order chi connectivity index (χ1) is 10.1. The molecule has 3 nitrogen and oxygen atoms in total. The van der Waals surface area contributed by atoms with Gasteiger partial charge in [-0.3, -0.25) is 0 Å². The van der Waals surface area contributed by atoms with Crippen molar-refractivity contribution in [3.05, 3.63) is 58.1 Å². The van der Waals surface area contributed by atoms with Crippen molar-refractivity contribution in [1.82, 2.24) is 0 Å². The van der Waals surface area contributed by atoms with Gasteiger partial charge in [0.1, 0.15) is 17.6 Å². The van der Waals surface area contributed by atoms with Crippen molar-refractivity contribution in [2.24, 2.45) is 0 Å². The Morgan fingerprint density at radius 2 is 2.05 bits per heavy atom. The number of ether oxygens (including phenoxy) is 2. The summed E-state index contributed by atoms with van der Waals surface area (Å²) >= 11 is 6.17. The molecule has 21 heavy (non-hydrogen) atoms. The second-order valence-corrected chi connectivity index (χ2v) is 5.68. The molecule has 0 aromatic heterocycles. The summed E-state index contributed by atoms with van der Waals surface area (Å²) in [5.41, 5.74) is 2.77. The van der Waals surface area contributed by atoms with Gasteiger partial charge in [0.2, 0.25) is 0 Å². The van der Waals surface area contributed by atoms with Gasteiger partial charge in [-0.05, 0) is 42.3 Å². The fourth-order valence-corrected chi connectivity index (χ4v) is 2.75. The minimum Gasteiger partial charge on any atom is -0.497 e. The standard InChI is InChI=1S/C17H17ClO3/c1-10-3-4-11(7-14(10)18)17-9-15(19)13-8-12(20-2)5-6-16(13)21-17/h3-8,15,17,19H,9H2,1-2H3/t15-,17?/m1/s1. The third-order valence-electron chi connectivity index (χ3n) is 3.85. The van der Waals surface area contributed by atoms with E-state index in [0.717, 1.165) is 16.7 Å². The highest BCUT2D eigenvalue weighted by Gasteiger charge is 2.28. The van der Waals surface area contributed by atoms with E-state index in [2.05, 4.69) is 0 Å². The Balaban J connectivity index is 1.92. The van der Waals surface area contributed by atoms with E-state index < -0.39 is 6.10 Å². The zero-order chi connectivity index (χ0) is 15.0. The van der Waals surface area contributed by atoms with Crippen molar-refractivity contribution in [3.63, 3.8) is 0 Å². The maximum absolute atomic E-state index is 10.4. The molecule has 2 atom stereocenters. The smallest absolute Gasteiger partial charge is 0.127 e. The van der Waals surface area contributed by atoms with Gasteiger partial charge in [0, 0.05) is 17.0 Å². The van der Waals surface area contributed by atoms with Crippen LogP contribution >= 0.6 is 11.6 Å². The molecule has 0 spiro atoms. The molecule has 2 aromatic carbocycles. The SMILES string of the molecule is COc1ccc2c(c1)[C@H](O)CC(c1ccc(C)c(Cl)c1)O2. The van der Waals surface area contributed by atoms with Crippen LogP contribution < -0.4 is 9.47 Å². The van der Waals surface area contributed by atoms with E-state index in [-0.39, 0.29) is 6.10 Å². The molecule has 0 saturated heterocycles. The lowest BCUT2D eigenvalue weighted by Gasteiger charge is -2.30. The summed E-state index contributed by atoms with van der Waals surface area (Å²) in [4.78, 5) is 0. The molecule has 0 bridgehead atoms. The highest BCUT2D eigenvalue weighted by molar-refractivity contribution is 6.31. The number of aryl methyl sites for hydroxylation is 1. The lowest BCUT2D eigenvalue weighted by molar-refractivity contribution is 0.0654. The van der Waals surface area contributed by atoms with Gasteiger partial charge in [-0.2, -0.15) is 0 Å². The van der Waals surface area contributed by atoms with Crippen molar-refractivity contribution in [2.75, 3.05) is 7.11 Å². The van der Waals surface area contributed by atoms with Crippen LogP contribution in [-0.2, 0) is 0 Å². The van der Waals surface area contributed by atoms with Gasteiger partial charge in [-0.1, -0.05) is 23.7 Å². The van der Waals surface area contributed by atoms with Crippen LogP contribution in [0.15, 0.2) is 36.4 Å². The van der Waals surface area contributed by atoms with Gasteiger partial charge in [0.05, 0.1) is 13.2 Å². The third kappa shape index (κ3) is 2.71. The van der Waals surface area contributed by atoms with Gasteiger partial charge in [0.25, 0.3) is 0 Å². The Morgan fingerprint density at radius 3 is 2.76 bits per heavy atom. The number of benzene rings is 2. The van der Waals surface area contributed by atoms with E-state index >= 15 is 0 Å².